The third-order valence-electron chi connectivity index (χ3n) is 2.49. The summed E-state index contributed by atoms with van der Waals surface area (Å²) in [6.07, 6.45) is -0.518. The van der Waals surface area contributed by atoms with Crippen molar-refractivity contribution in [1.29, 1.82) is 0 Å². The van der Waals surface area contributed by atoms with Gasteiger partial charge in [0.2, 0.25) is 0 Å². The lowest BCUT2D eigenvalue weighted by Crippen LogP contribution is -2.36. The molecule has 0 aliphatic heterocycles. The van der Waals surface area contributed by atoms with E-state index in [1.807, 2.05) is 35.2 Å². The highest BCUT2D eigenvalue weighted by Gasteiger charge is 2.11. The minimum absolute atomic E-state index is 0.0898. The molecule has 0 heterocycles. The van der Waals surface area contributed by atoms with Gasteiger partial charge in [0.25, 0.3) is 0 Å². The monoisotopic (exact) mass is 239 g/mol. The maximum Gasteiger partial charge on any atom is 0.0900 e. The predicted octanol–water partition coefficient (Wildman–Crippen LogP) is 0.488. The molecule has 4 heteroatoms. The van der Waals surface area contributed by atoms with Crippen LogP contribution < -0.4 is 0 Å². The highest BCUT2D eigenvalue weighted by molar-refractivity contribution is 5.14. The first-order valence-corrected chi connectivity index (χ1v) is 5.80. The molecule has 0 aliphatic carbocycles. The van der Waals surface area contributed by atoms with Crippen LogP contribution in [0, 0.1) is 0 Å². The molecule has 0 aromatic heterocycles. The number of hydrogen-bond acceptors (Lipinski definition) is 4. The number of aliphatic hydroxyl groups excluding tert-OH is 2. The zero-order valence-electron chi connectivity index (χ0n) is 10.2. The Bertz CT molecular complexity index is 292. The fraction of sp³-hybridized carbons (Fsp3) is 0.538. The molecule has 0 spiro atoms. The van der Waals surface area contributed by atoms with Gasteiger partial charge in [-0.3, -0.25) is 4.90 Å². The van der Waals surface area contributed by atoms with Crippen molar-refractivity contribution in [3.63, 3.8) is 0 Å². The molecule has 0 amide bonds. The van der Waals surface area contributed by atoms with Crippen LogP contribution >= 0.6 is 0 Å². The first kappa shape index (κ1) is 14.1. The fourth-order valence-electron chi connectivity index (χ4n) is 1.76. The van der Waals surface area contributed by atoms with Gasteiger partial charge >= 0.3 is 0 Å². The summed E-state index contributed by atoms with van der Waals surface area (Å²) in [6.45, 7) is 2.18. The summed E-state index contributed by atoms with van der Waals surface area (Å²) >= 11 is 0. The minimum atomic E-state index is -0.518. The molecule has 4 nitrogen and oxygen atoms in total. The largest absolute Gasteiger partial charge is 0.395 e. The van der Waals surface area contributed by atoms with Gasteiger partial charge in [0.1, 0.15) is 0 Å². The van der Waals surface area contributed by atoms with Crippen LogP contribution in [0.15, 0.2) is 30.3 Å². The zero-order valence-corrected chi connectivity index (χ0v) is 10.2. The maximum atomic E-state index is 9.68. The van der Waals surface area contributed by atoms with Gasteiger partial charge < -0.3 is 14.9 Å². The van der Waals surface area contributed by atoms with Crippen LogP contribution in [-0.2, 0) is 11.3 Å². The Labute approximate surface area is 102 Å². The molecule has 1 aromatic rings. The minimum Gasteiger partial charge on any atom is -0.395 e. The standard InChI is InChI=1S/C13H21NO3/c1-17-11-13(16)10-14(7-8-15)9-12-5-3-2-4-6-12/h2-6,13,15-16H,7-11H2,1H3. The zero-order chi connectivity index (χ0) is 12.5. The summed E-state index contributed by atoms with van der Waals surface area (Å²) in [6, 6.07) is 10.0. The number of nitrogens with zero attached hydrogens (tertiary/aromatic N) is 1. The van der Waals surface area contributed by atoms with Crippen LogP contribution in [0.3, 0.4) is 0 Å². The van der Waals surface area contributed by atoms with E-state index in [-0.39, 0.29) is 6.61 Å². The van der Waals surface area contributed by atoms with Crippen LogP contribution in [0.5, 0.6) is 0 Å². The SMILES string of the molecule is COCC(O)CN(CCO)Cc1ccccc1. The van der Waals surface area contributed by atoms with Crippen LogP contribution in [-0.4, -0.2) is 54.6 Å². The van der Waals surface area contributed by atoms with Gasteiger partial charge in [-0.1, -0.05) is 30.3 Å². The summed E-state index contributed by atoms with van der Waals surface area (Å²) in [7, 11) is 1.57. The van der Waals surface area contributed by atoms with Gasteiger partial charge in [-0.05, 0) is 5.56 Å². The van der Waals surface area contributed by atoms with Crippen molar-refractivity contribution in [2.75, 3.05) is 33.4 Å². The fourth-order valence-corrected chi connectivity index (χ4v) is 1.76. The molecule has 0 aliphatic rings. The van der Waals surface area contributed by atoms with E-state index in [0.717, 1.165) is 6.54 Å². The second-order valence-electron chi connectivity index (χ2n) is 4.05. The van der Waals surface area contributed by atoms with Crippen LogP contribution in [0.2, 0.25) is 0 Å². The number of benzene rings is 1. The molecule has 0 saturated heterocycles. The summed E-state index contributed by atoms with van der Waals surface area (Å²) in [5.74, 6) is 0. The van der Waals surface area contributed by atoms with E-state index < -0.39 is 6.10 Å². The van der Waals surface area contributed by atoms with E-state index in [4.69, 9.17) is 9.84 Å². The summed E-state index contributed by atoms with van der Waals surface area (Å²) in [5.41, 5.74) is 1.17. The highest BCUT2D eigenvalue weighted by Crippen LogP contribution is 2.05. The van der Waals surface area contributed by atoms with Gasteiger partial charge in [-0.15, -0.1) is 0 Å². The number of rotatable bonds is 8. The molecule has 0 fully saturated rings. The normalized spacial score (nSPS) is 12.9. The van der Waals surface area contributed by atoms with E-state index in [2.05, 4.69) is 0 Å². The maximum absolute atomic E-state index is 9.68. The van der Waals surface area contributed by atoms with E-state index in [1.165, 1.54) is 5.56 Å². The third kappa shape index (κ3) is 5.79. The Balaban J connectivity index is 2.48. The molecule has 2 N–H and O–H groups in total. The number of aliphatic hydroxyl groups is 2. The Morgan fingerprint density at radius 2 is 2.00 bits per heavy atom. The molecule has 17 heavy (non-hydrogen) atoms. The molecule has 0 bridgehead atoms. The topological polar surface area (TPSA) is 52.9 Å². The molecule has 0 radical (unpaired) electrons. The van der Waals surface area contributed by atoms with Crippen molar-refractivity contribution in [3.8, 4) is 0 Å². The van der Waals surface area contributed by atoms with Crippen molar-refractivity contribution in [2.45, 2.75) is 12.6 Å². The van der Waals surface area contributed by atoms with E-state index in [1.54, 1.807) is 7.11 Å². The Morgan fingerprint density at radius 1 is 1.29 bits per heavy atom. The van der Waals surface area contributed by atoms with Crippen LogP contribution in [0.1, 0.15) is 5.56 Å². The number of hydrogen-bond donors (Lipinski definition) is 2. The molecular weight excluding hydrogens is 218 g/mol. The Morgan fingerprint density at radius 3 is 2.59 bits per heavy atom. The van der Waals surface area contributed by atoms with Crippen molar-refractivity contribution in [1.82, 2.24) is 4.90 Å². The van der Waals surface area contributed by atoms with Gasteiger partial charge in [-0.25, -0.2) is 0 Å². The number of methoxy groups -OCH3 is 1. The van der Waals surface area contributed by atoms with Crippen molar-refractivity contribution in [3.05, 3.63) is 35.9 Å². The van der Waals surface area contributed by atoms with Crippen molar-refractivity contribution in [2.24, 2.45) is 0 Å². The molecule has 96 valence electrons. The highest BCUT2D eigenvalue weighted by atomic mass is 16.5. The molecule has 1 rings (SSSR count). The van der Waals surface area contributed by atoms with Crippen molar-refractivity contribution < 1.29 is 14.9 Å². The second-order valence-corrected chi connectivity index (χ2v) is 4.05. The molecule has 1 aromatic carbocycles. The smallest absolute Gasteiger partial charge is 0.0900 e. The molecular formula is C13H21NO3. The number of ether oxygens (including phenoxy) is 1. The van der Waals surface area contributed by atoms with E-state index in [9.17, 15) is 5.11 Å². The van der Waals surface area contributed by atoms with Gasteiger partial charge in [0.05, 0.1) is 19.3 Å². The Kier molecular flexibility index (Phi) is 6.81. The summed E-state index contributed by atoms with van der Waals surface area (Å²) in [4.78, 5) is 2.01. The average molecular weight is 239 g/mol. The molecule has 1 unspecified atom stereocenters. The summed E-state index contributed by atoms with van der Waals surface area (Å²) in [5, 5.41) is 18.7. The van der Waals surface area contributed by atoms with Gasteiger partial charge in [0.15, 0.2) is 0 Å². The van der Waals surface area contributed by atoms with Crippen LogP contribution in [0.25, 0.3) is 0 Å². The first-order valence-electron chi connectivity index (χ1n) is 5.80. The van der Waals surface area contributed by atoms with Crippen molar-refractivity contribution >= 4 is 0 Å². The Hall–Kier alpha value is -0.940. The quantitative estimate of drug-likeness (QED) is 0.693. The lowest BCUT2D eigenvalue weighted by Gasteiger charge is -2.24. The predicted molar refractivity (Wildman–Crippen MR) is 66.7 cm³/mol. The molecule has 1 atom stereocenters. The molecule has 0 saturated carbocycles. The second kappa shape index (κ2) is 8.20. The lowest BCUT2D eigenvalue weighted by atomic mass is 10.2. The first-order chi connectivity index (χ1) is 8.26. The summed E-state index contributed by atoms with van der Waals surface area (Å²) < 4.78 is 4.89. The van der Waals surface area contributed by atoms with Gasteiger partial charge in [0, 0.05) is 26.7 Å². The van der Waals surface area contributed by atoms with E-state index in [0.29, 0.717) is 19.7 Å². The lowest BCUT2D eigenvalue weighted by molar-refractivity contribution is 0.0319. The van der Waals surface area contributed by atoms with Crippen LogP contribution in [0.4, 0.5) is 0 Å². The van der Waals surface area contributed by atoms with E-state index >= 15 is 0 Å². The van der Waals surface area contributed by atoms with Gasteiger partial charge in [-0.2, -0.15) is 0 Å². The average Bonchev–Trinajstić information content (AvgIpc) is 2.31. The third-order valence-corrected chi connectivity index (χ3v) is 2.49.